The minimum atomic E-state index is -1.05. The van der Waals surface area contributed by atoms with Gasteiger partial charge >= 0.3 is 5.97 Å². The fourth-order valence-electron chi connectivity index (χ4n) is 2.71. The molecule has 4 aromatic rings. The Morgan fingerprint density at radius 1 is 1.15 bits per heavy atom. The Bertz CT molecular complexity index is 1130. The maximum Gasteiger partial charge on any atom is 0.337 e. The standard InChI is InChI=1S/C18H13FN6O2/c1-24-17(16(22-23-24)12-4-2-3-5-13(12)19)14-9-25(10-21-14)15-7-6-11(8-20-15)18(26)27/h2-10H,1H3,(H,26,27). The molecule has 0 aliphatic carbocycles. The lowest BCUT2D eigenvalue weighted by Gasteiger charge is -2.03. The minimum absolute atomic E-state index is 0.0942. The molecule has 0 aliphatic rings. The van der Waals surface area contributed by atoms with Crippen molar-refractivity contribution in [1.82, 2.24) is 29.5 Å². The molecule has 0 spiro atoms. The van der Waals surface area contributed by atoms with Gasteiger partial charge in [0.15, 0.2) is 0 Å². The molecule has 0 aliphatic heterocycles. The molecule has 0 saturated heterocycles. The molecular formula is C18H13FN6O2. The number of pyridine rings is 1. The molecule has 0 radical (unpaired) electrons. The van der Waals surface area contributed by atoms with Crippen molar-refractivity contribution in [2.45, 2.75) is 0 Å². The molecule has 0 saturated carbocycles. The first-order valence-electron chi connectivity index (χ1n) is 7.93. The average Bonchev–Trinajstić information content (AvgIpc) is 3.29. The van der Waals surface area contributed by atoms with Crippen LogP contribution in [0, 0.1) is 5.82 Å². The normalized spacial score (nSPS) is 10.9. The molecule has 0 bridgehead atoms. The van der Waals surface area contributed by atoms with Crippen LogP contribution in [0.3, 0.4) is 0 Å². The number of aromatic carboxylic acids is 1. The third-order valence-corrected chi connectivity index (χ3v) is 4.04. The Labute approximate surface area is 152 Å². The number of carbonyl (C=O) groups is 1. The number of hydrogen-bond acceptors (Lipinski definition) is 5. The number of carboxylic acids is 1. The van der Waals surface area contributed by atoms with E-state index < -0.39 is 11.8 Å². The molecule has 9 heteroatoms. The Hall–Kier alpha value is -3.88. The second kappa shape index (κ2) is 6.45. The van der Waals surface area contributed by atoms with Gasteiger partial charge in [0.2, 0.25) is 0 Å². The van der Waals surface area contributed by atoms with E-state index in [1.807, 2.05) is 0 Å². The van der Waals surface area contributed by atoms with Gasteiger partial charge in [-0.3, -0.25) is 4.57 Å². The van der Waals surface area contributed by atoms with Crippen molar-refractivity contribution >= 4 is 5.97 Å². The maximum absolute atomic E-state index is 14.2. The number of aryl methyl sites for hydroxylation is 1. The first-order chi connectivity index (χ1) is 13.0. The lowest BCUT2D eigenvalue weighted by Crippen LogP contribution is -2.00. The summed E-state index contributed by atoms with van der Waals surface area (Å²) in [4.78, 5) is 19.4. The Morgan fingerprint density at radius 3 is 2.67 bits per heavy atom. The molecule has 0 fully saturated rings. The number of halogens is 1. The zero-order valence-corrected chi connectivity index (χ0v) is 14.1. The average molecular weight is 364 g/mol. The summed E-state index contributed by atoms with van der Waals surface area (Å²) in [6.07, 6.45) is 4.51. The van der Waals surface area contributed by atoms with E-state index in [1.165, 1.54) is 29.3 Å². The van der Waals surface area contributed by atoms with Crippen LogP contribution < -0.4 is 0 Å². The molecule has 1 N–H and O–H groups in total. The molecule has 27 heavy (non-hydrogen) atoms. The molecule has 4 rings (SSSR count). The van der Waals surface area contributed by atoms with Crippen LogP contribution in [0.25, 0.3) is 28.5 Å². The van der Waals surface area contributed by atoms with Gasteiger partial charge in [0.1, 0.15) is 35.0 Å². The van der Waals surface area contributed by atoms with Gasteiger partial charge in [-0.05, 0) is 24.3 Å². The first kappa shape index (κ1) is 16.6. The lowest BCUT2D eigenvalue weighted by atomic mass is 10.1. The van der Waals surface area contributed by atoms with Gasteiger partial charge in [-0.1, -0.05) is 17.3 Å². The van der Waals surface area contributed by atoms with E-state index in [4.69, 9.17) is 5.11 Å². The first-order valence-corrected chi connectivity index (χ1v) is 7.93. The fourth-order valence-corrected chi connectivity index (χ4v) is 2.71. The maximum atomic E-state index is 14.2. The van der Waals surface area contributed by atoms with Crippen LogP contribution in [0.2, 0.25) is 0 Å². The highest BCUT2D eigenvalue weighted by atomic mass is 19.1. The van der Waals surface area contributed by atoms with Gasteiger partial charge in [-0.25, -0.2) is 23.8 Å². The SMILES string of the molecule is Cn1nnc(-c2ccccc2F)c1-c1cn(-c2ccc(C(=O)O)cn2)cn1. The smallest absolute Gasteiger partial charge is 0.337 e. The highest BCUT2D eigenvalue weighted by Gasteiger charge is 2.19. The van der Waals surface area contributed by atoms with Gasteiger partial charge in [0.25, 0.3) is 0 Å². The van der Waals surface area contributed by atoms with Crippen molar-refractivity contribution < 1.29 is 14.3 Å². The number of imidazole rings is 1. The second-order valence-corrected chi connectivity index (χ2v) is 5.77. The summed E-state index contributed by atoms with van der Waals surface area (Å²) in [5, 5.41) is 17.0. The third kappa shape index (κ3) is 2.95. The summed E-state index contributed by atoms with van der Waals surface area (Å²) in [6.45, 7) is 0. The summed E-state index contributed by atoms with van der Waals surface area (Å²) < 4.78 is 17.4. The molecule has 3 heterocycles. The van der Waals surface area contributed by atoms with Crippen LogP contribution >= 0.6 is 0 Å². The van der Waals surface area contributed by atoms with E-state index >= 15 is 0 Å². The topological polar surface area (TPSA) is 98.7 Å². The number of benzene rings is 1. The van der Waals surface area contributed by atoms with Crippen molar-refractivity contribution in [2.75, 3.05) is 0 Å². The molecule has 0 atom stereocenters. The van der Waals surface area contributed by atoms with Crippen LogP contribution in [-0.4, -0.2) is 40.6 Å². The monoisotopic (exact) mass is 364 g/mol. The van der Waals surface area contributed by atoms with Gasteiger partial charge in [0, 0.05) is 25.0 Å². The van der Waals surface area contributed by atoms with E-state index in [-0.39, 0.29) is 5.56 Å². The molecule has 0 unspecified atom stereocenters. The van der Waals surface area contributed by atoms with Gasteiger partial charge < -0.3 is 5.11 Å². The largest absolute Gasteiger partial charge is 0.478 e. The van der Waals surface area contributed by atoms with E-state index in [9.17, 15) is 9.18 Å². The van der Waals surface area contributed by atoms with Crippen molar-refractivity contribution in [1.29, 1.82) is 0 Å². The number of rotatable bonds is 4. The van der Waals surface area contributed by atoms with Crippen LogP contribution in [0.15, 0.2) is 55.1 Å². The Kier molecular flexibility index (Phi) is 3.96. The Morgan fingerprint density at radius 2 is 1.96 bits per heavy atom. The predicted molar refractivity (Wildman–Crippen MR) is 93.7 cm³/mol. The molecule has 134 valence electrons. The lowest BCUT2D eigenvalue weighted by molar-refractivity contribution is 0.0696. The van der Waals surface area contributed by atoms with Gasteiger partial charge in [0.05, 0.1) is 5.56 Å². The zero-order valence-electron chi connectivity index (χ0n) is 14.1. The highest BCUT2D eigenvalue weighted by molar-refractivity contribution is 5.87. The zero-order chi connectivity index (χ0) is 19.0. The summed E-state index contributed by atoms with van der Waals surface area (Å²) in [6, 6.07) is 9.36. The van der Waals surface area contributed by atoms with Gasteiger partial charge in [-0.15, -0.1) is 5.10 Å². The number of aromatic nitrogens is 6. The molecular weight excluding hydrogens is 351 g/mol. The van der Waals surface area contributed by atoms with E-state index in [2.05, 4.69) is 20.3 Å². The third-order valence-electron chi connectivity index (χ3n) is 4.04. The summed E-state index contributed by atoms with van der Waals surface area (Å²) in [5.41, 5.74) is 1.90. The quantitative estimate of drug-likeness (QED) is 0.598. The number of carboxylic acid groups (broad SMARTS) is 1. The van der Waals surface area contributed by atoms with Gasteiger partial charge in [-0.2, -0.15) is 0 Å². The van der Waals surface area contributed by atoms with Crippen molar-refractivity contribution in [3.05, 3.63) is 66.5 Å². The highest BCUT2D eigenvalue weighted by Crippen LogP contribution is 2.30. The van der Waals surface area contributed by atoms with Crippen LogP contribution in [0.1, 0.15) is 10.4 Å². The van der Waals surface area contributed by atoms with Crippen molar-refractivity contribution in [3.8, 4) is 28.5 Å². The Balaban J connectivity index is 1.75. The van der Waals surface area contributed by atoms with E-state index in [0.717, 1.165) is 0 Å². The summed E-state index contributed by atoms with van der Waals surface area (Å²) in [7, 11) is 1.70. The van der Waals surface area contributed by atoms with Crippen molar-refractivity contribution in [2.24, 2.45) is 7.05 Å². The summed E-state index contributed by atoms with van der Waals surface area (Å²) in [5.74, 6) is -0.943. The van der Waals surface area contributed by atoms with E-state index in [0.29, 0.717) is 28.5 Å². The summed E-state index contributed by atoms with van der Waals surface area (Å²) >= 11 is 0. The van der Waals surface area contributed by atoms with Crippen LogP contribution in [0.5, 0.6) is 0 Å². The minimum Gasteiger partial charge on any atom is -0.478 e. The fraction of sp³-hybridized carbons (Fsp3) is 0.0556. The molecule has 8 nitrogen and oxygen atoms in total. The van der Waals surface area contributed by atoms with Crippen LogP contribution in [-0.2, 0) is 7.05 Å². The van der Waals surface area contributed by atoms with E-state index in [1.54, 1.807) is 42.1 Å². The number of hydrogen-bond donors (Lipinski definition) is 1. The number of nitrogens with zero attached hydrogens (tertiary/aromatic N) is 6. The molecule has 0 amide bonds. The second-order valence-electron chi connectivity index (χ2n) is 5.77. The predicted octanol–water partition coefficient (Wildman–Crippen LogP) is 2.57. The molecule has 3 aromatic heterocycles. The van der Waals surface area contributed by atoms with Crippen LogP contribution in [0.4, 0.5) is 4.39 Å². The molecule has 1 aromatic carbocycles. The van der Waals surface area contributed by atoms with Crippen molar-refractivity contribution in [3.63, 3.8) is 0 Å².